The summed E-state index contributed by atoms with van der Waals surface area (Å²) in [4.78, 5) is 32.4. The minimum Gasteiger partial charge on any atom is -0.493 e. The smallest absolute Gasteiger partial charge is 0.338 e. The molecule has 3 aromatic carbocycles. The summed E-state index contributed by atoms with van der Waals surface area (Å²) in [6.07, 6.45) is 1.74. The number of allylic oxidation sites excluding steroid dienone is 1. The topological polar surface area (TPSA) is 88.4 Å². The Morgan fingerprint density at radius 3 is 2.61 bits per heavy atom. The number of carbonyl (C=O) groups is 1. The van der Waals surface area contributed by atoms with Gasteiger partial charge in [-0.3, -0.25) is 9.36 Å². The minimum absolute atomic E-state index is 0.0645. The van der Waals surface area contributed by atoms with Gasteiger partial charge in [-0.05, 0) is 86.9 Å². The van der Waals surface area contributed by atoms with E-state index in [9.17, 15) is 9.59 Å². The number of halogens is 1. The second-order valence-electron chi connectivity index (χ2n) is 10.4. The Balaban J connectivity index is 1.57. The van der Waals surface area contributed by atoms with Gasteiger partial charge in [0.25, 0.3) is 5.56 Å². The third-order valence-electron chi connectivity index (χ3n) is 6.83. The number of aromatic nitrogens is 1. The van der Waals surface area contributed by atoms with Crippen molar-refractivity contribution in [3.63, 3.8) is 0 Å². The van der Waals surface area contributed by atoms with Gasteiger partial charge in [-0.2, -0.15) is 0 Å². The van der Waals surface area contributed by atoms with Crippen LogP contribution in [-0.2, 0) is 16.1 Å². The van der Waals surface area contributed by atoms with E-state index in [1.165, 1.54) is 11.3 Å². The molecule has 44 heavy (non-hydrogen) atoms. The van der Waals surface area contributed by atoms with Crippen LogP contribution in [0.25, 0.3) is 6.08 Å². The van der Waals surface area contributed by atoms with E-state index >= 15 is 0 Å². The number of hydrogen-bond donors (Lipinski definition) is 0. The summed E-state index contributed by atoms with van der Waals surface area (Å²) >= 11 is 7.36. The second-order valence-corrected chi connectivity index (χ2v) is 11.8. The van der Waals surface area contributed by atoms with Crippen LogP contribution in [0.5, 0.6) is 17.2 Å². The number of thiazole rings is 1. The molecule has 0 saturated carbocycles. The first kappa shape index (κ1) is 31.1. The third kappa shape index (κ3) is 6.74. The van der Waals surface area contributed by atoms with E-state index in [-0.39, 0.29) is 18.3 Å². The summed E-state index contributed by atoms with van der Waals surface area (Å²) in [6, 6.07) is 19.6. The monoisotopic (exact) mass is 632 g/mol. The Kier molecular flexibility index (Phi) is 9.56. The maximum atomic E-state index is 14.0. The standard InChI is InChI=1S/C34H33ClN2O6S/c1-6-41-33(39)30-21(4)36-34-37(31(30)24-13-14-27(43-20(2)3)28(18-24)40-5)32(38)29(44-34)17-22-9-8-12-26(16-22)42-19-23-10-7-11-25(35)15-23/h7-18,20,31H,6,19H2,1-5H3/b29-17+/t31-/m0/s1. The molecule has 1 aliphatic heterocycles. The Bertz CT molecular complexity index is 1910. The lowest BCUT2D eigenvalue weighted by Gasteiger charge is -2.25. The zero-order valence-corrected chi connectivity index (χ0v) is 26.7. The number of esters is 1. The van der Waals surface area contributed by atoms with Gasteiger partial charge >= 0.3 is 5.97 Å². The summed E-state index contributed by atoms with van der Waals surface area (Å²) in [5, 5.41) is 0.646. The fourth-order valence-electron chi connectivity index (χ4n) is 4.95. The van der Waals surface area contributed by atoms with Crippen LogP contribution in [0, 0.1) is 0 Å². The molecule has 0 spiro atoms. The number of rotatable bonds is 10. The molecule has 4 aromatic rings. The molecule has 0 bridgehead atoms. The first-order valence-electron chi connectivity index (χ1n) is 14.2. The predicted molar refractivity (Wildman–Crippen MR) is 171 cm³/mol. The lowest BCUT2D eigenvalue weighted by molar-refractivity contribution is -0.139. The Morgan fingerprint density at radius 1 is 1.09 bits per heavy atom. The molecule has 0 aliphatic carbocycles. The van der Waals surface area contributed by atoms with Crippen molar-refractivity contribution in [2.75, 3.05) is 13.7 Å². The van der Waals surface area contributed by atoms with Gasteiger partial charge in [0.1, 0.15) is 12.4 Å². The van der Waals surface area contributed by atoms with Crippen molar-refractivity contribution in [2.45, 2.75) is 46.4 Å². The van der Waals surface area contributed by atoms with Gasteiger partial charge in [0.15, 0.2) is 16.3 Å². The zero-order chi connectivity index (χ0) is 31.4. The maximum Gasteiger partial charge on any atom is 0.338 e. The van der Waals surface area contributed by atoms with Crippen LogP contribution in [-0.4, -0.2) is 30.4 Å². The van der Waals surface area contributed by atoms with E-state index in [1.54, 1.807) is 43.7 Å². The number of hydrogen-bond acceptors (Lipinski definition) is 8. The molecule has 1 atom stereocenters. The lowest BCUT2D eigenvalue weighted by atomic mass is 9.95. The quantitative estimate of drug-likeness (QED) is 0.205. The molecule has 0 N–H and O–H groups in total. The van der Waals surface area contributed by atoms with Gasteiger partial charge in [-0.1, -0.05) is 53.3 Å². The highest BCUT2D eigenvalue weighted by atomic mass is 35.5. The molecule has 1 aromatic heterocycles. The van der Waals surface area contributed by atoms with Gasteiger partial charge in [-0.15, -0.1) is 0 Å². The van der Waals surface area contributed by atoms with Crippen molar-refractivity contribution in [3.05, 3.63) is 119 Å². The van der Waals surface area contributed by atoms with Crippen molar-refractivity contribution in [2.24, 2.45) is 4.99 Å². The normalized spacial score (nSPS) is 14.7. The van der Waals surface area contributed by atoms with Gasteiger partial charge < -0.3 is 18.9 Å². The maximum absolute atomic E-state index is 14.0. The zero-order valence-electron chi connectivity index (χ0n) is 25.1. The lowest BCUT2D eigenvalue weighted by Crippen LogP contribution is -2.40. The molecule has 0 radical (unpaired) electrons. The highest BCUT2D eigenvalue weighted by molar-refractivity contribution is 7.07. The highest BCUT2D eigenvalue weighted by Gasteiger charge is 2.34. The molecule has 0 amide bonds. The summed E-state index contributed by atoms with van der Waals surface area (Å²) < 4.78 is 24.9. The number of methoxy groups -OCH3 is 1. The van der Waals surface area contributed by atoms with E-state index in [2.05, 4.69) is 4.99 Å². The Labute approximate surface area is 264 Å². The highest BCUT2D eigenvalue weighted by Crippen LogP contribution is 2.36. The fraction of sp³-hybridized carbons (Fsp3) is 0.265. The molecule has 8 nitrogen and oxygen atoms in total. The molecule has 0 saturated heterocycles. The van der Waals surface area contributed by atoms with Crippen LogP contribution in [0.4, 0.5) is 0 Å². The Hall–Kier alpha value is -4.34. The largest absolute Gasteiger partial charge is 0.493 e. The van der Waals surface area contributed by atoms with Crippen LogP contribution in [0.1, 0.15) is 50.4 Å². The molecule has 5 rings (SSSR count). The van der Waals surface area contributed by atoms with E-state index < -0.39 is 12.0 Å². The van der Waals surface area contributed by atoms with Gasteiger partial charge in [-0.25, -0.2) is 9.79 Å². The molecule has 0 unspecified atom stereocenters. The van der Waals surface area contributed by atoms with Crippen molar-refractivity contribution in [3.8, 4) is 17.2 Å². The molecule has 0 fully saturated rings. The van der Waals surface area contributed by atoms with E-state index in [0.717, 1.165) is 11.1 Å². The van der Waals surface area contributed by atoms with Crippen LogP contribution >= 0.6 is 22.9 Å². The van der Waals surface area contributed by atoms with Crippen LogP contribution in [0.3, 0.4) is 0 Å². The average molecular weight is 633 g/mol. The summed E-state index contributed by atoms with van der Waals surface area (Å²) in [5.74, 6) is 1.18. The molecular formula is C34H33ClN2O6S. The fourth-order valence-corrected chi connectivity index (χ4v) is 6.21. The second kappa shape index (κ2) is 13.5. The van der Waals surface area contributed by atoms with Crippen LogP contribution in [0.2, 0.25) is 5.02 Å². The van der Waals surface area contributed by atoms with Gasteiger partial charge in [0.2, 0.25) is 0 Å². The van der Waals surface area contributed by atoms with Crippen LogP contribution in [0.15, 0.2) is 87.8 Å². The minimum atomic E-state index is -0.776. The number of benzene rings is 3. The molecule has 10 heteroatoms. The Morgan fingerprint density at radius 2 is 1.89 bits per heavy atom. The van der Waals surface area contributed by atoms with Crippen molar-refractivity contribution in [1.82, 2.24) is 4.57 Å². The number of fused-ring (bicyclic) bond motifs is 1. The SMILES string of the molecule is CCOC(=O)C1=C(C)N=c2s/c(=C/c3cccc(OCc4cccc(Cl)c4)c3)c(=O)n2[C@H]1c1ccc(OC(C)C)c(OC)c1. The summed E-state index contributed by atoms with van der Waals surface area (Å²) in [5.41, 5.74) is 2.90. The predicted octanol–water partition coefficient (Wildman–Crippen LogP) is 5.83. The van der Waals surface area contributed by atoms with Crippen molar-refractivity contribution in [1.29, 1.82) is 0 Å². The van der Waals surface area contributed by atoms with Crippen LogP contribution < -0.4 is 29.1 Å². The van der Waals surface area contributed by atoms with E-state index in [4.69, 9.17) is 30.5 Å². The first-order chi connectivity index (χ1) is 21.2. The van der Waals surface area contributed by atoms with Crippen molar-refractivity contribution >= 4 is 35.0 Å². The molecular weight excluding hydrogens is 600 g/mol. The van der Waals surface area contributed by atoms with Gasteiger partial charge in [0, 0.05) is 5.02 Å². The van der Waals surface area contributed by atoms with Gasteiger partial charge in [0.05, 0.1) is 41.7 Å². The van der Waals surface area contributed by atoms with E-state index in [0.29, 0.717) is 55.0 Å². The number of ether oxygens (including phenoxy) is 4. The number of carbonyl (C=O) groups excluding carboxylic acids is 1. The molecule has 1 aliphatic rings. The number of nitrogens with zero attached hydrogens (tertiary/aromatic N) is 2. The average Bonchev–Trinajstić information content (AvgIpc) is 3.29. The molecule has 2 heterocycles. The van der Waals surface area contributed by atoms with Crippen molar-refractivity contribution < 1.29 is 23.7 Å². The first-order valence-corrected chi connectivity index (χ1v) is 15.4. The summed E-state index contributed by atoms with van der Waals surface area (Å²) in [7, 11) is 1.55. The van der Waals surface area contributed by atoms with E-state index in [1.807, 2.05) is 68.4 Å². The summed E-state index contributed by atoms with van der Waals surface area (Å²) in [6.45, 7) is 7.89. The third-order valence-corrected chi connectivity index (χ3v) is 8.05. The molecule has 228 valence electrons.